The average molecular weight is 489 g/mol. The number of Topliss-reactive ketones (excluding diaryl/α,β-unsaturated/α-hetero) is 1. The second-order valence-electron chi connectivity index (χ2n) is 8.47. The van der Waals surface area contributed by atoms with Gasteiger partial charge in [-0.1, -0.05) is 18.2 Å². The fourth-order valence-electron chi connectivity index (χ4n) is 5.19. The molecule has 3 aliphatic heterocycles. The van der Waals surface area contributed by atoms with Crippen molar-refractivity contribution in [2.24, 2.45) is 16.9 Å². The maximum absolute atomic E-state index is 13.8. The molecule has 3 heterocycles. The molecule has 0 unspecified atom stereocenters. The molecule has 36 heavy (non-hydrogen) atoms. The Kier molecular flexibility index (Phi) is 5.79. The molecule has 2 amide bonds. The van der Waals surface area contributed by atoms with Gasteiger partial charge in [0.05, 0.1) is 50.5 Å². The van der Waals surface area contributed by atoms with Gasteiger partial charge in [-0.3, -0.25) is 19.4 Å². The Bertz CT molecular complexity index is 1330. The molecule has 0 bridgehead atoms. The molecule has 184 valence electrons. The minimum atomic E-state index is -1.04. The van der Waals surface area contributed by atoms with E-state index in [1.165, 1.54) is 44.7 Å². The molecule has 0 N–H and O–H groups in total. The van der Waals surface area contributed by atoms with E-state index >= 15 is 0 Å². The number of allylic oxidation sites excluding steroid dienone is 1. The second-order valence-corrected chi connectivity index (χ2v) is 8.47. The standard InChI is InChI=1S/C26H23N3O7/c1-34-18-11-10-14(13-19(18)35-2)23(30)22-21-20(17-9-6-12-27-29(17)22)24(31)28(25(21)32)16-8-5-4-7-15(16)26(33)36-3/h4-13,17,20-22H,1-3H3/t17-,20-,21-,22+/m1/s1. The number of carbonyl (C=O) groups excluding carboxylic acids is 4. The SMILES string of the molecule is COC(=O)c1ccccc1N1C(=O)[C@@H]2[C@H](C1=O)[C@H]1C=CC=NN1[C@@H]2C(=O)c1ccc(OC)c(OC)c1. The van der Waals surface area contributed by atoms with Crippen LogP contribution in [0.3, 0.4) is 0 Å². The summed E-state index contributed by atoms with van der Waals surface area (Å²) < 4.78 is 15.4. The lowest BCUT2D eigenvalue weighted by atomic mass is 9.86. The summed E-state index contributed by atoms with van der Waals surface area (Å²) in [6, 6.07) is 9.34. The molecule has 5 rings (SSSR count). The van der Waals surface area contributed by atoms with Crippen LogP contribution in [0, 0.1) is 11.8 Å². The number of esters is 1. The van der Waals surface area contributed by atoms with E-state index in [2.05, 4.69) is 5.10 Å². The van der Waals surface area contributed by atoms with E-state index in [4.69, 9.17) is 14.2 Å². The van der Waals surface area contributed by atoms with Gasteiger partial charge in [0.1, 0.15) is 6.04 Å². The topological polar surface area (TPSA) is 115 Å². The Balaban J connectivity index is 1.58. The van der Waals surface area contributed by atoms with Crippen molar-refractivity contribution >= 4 is 35.5 Å². The van der Waals surface area contributed by atoms with Gasteiger partial charge in [0.15, 0.2) is 17.3 Å². The molecule has 10 nitrogen and oxygen atoms in total. The largest absolute Gasteiger partial charge is 0.493 e. The van der Waals surface area contributed by atoms with Crippen molar-refractivity contribution in [1.82, 2.24) is 5.01 Å². The number of hydrazone groups is 1. The molecule has 0 aliphatic carbocycles. The van der Waals surface area contributed by atoms with Crippen LogP contribution in [0.15, 0.2) is 59.7 Å². The summed E-state index contributed by atoms with van der Waals surface area (Å²) in [6.07, 6.45) is 4.96. The molecular weight excluding hydrogens is 466 g/mol. The van der Waals surface area contributed by atoms with Gasteiger partial charge >= 0.3 is 5.97 Å². The zero-order valence-electron chi connectivity index (χ0n) is 19.8. The van der Waals surface area contributed by atoms with Crippen molar-refractivity contribution in [2.75, 3.05) is 26.2 Å². The number of amides is 2. The molecule has 0 saturated carbocycles. The molecule has 4 atom stereocenters. The number of methoxy groups -OCH3 is 3. The number of benzene rings is 2. The van der Waals surface area contributed by atoms with Crippen molar-refractivity contribution in [3.63, 3.8) is 0 Å². The van der Waals surface area contributed by atoms with Gasteiger partial charge in [-0.15, -0.1) is 0 Å². The predicted molar refractivity (Wildman–Crippen MR) is 128 cm³/mol. The average Bonchev–Trinajstić information content (AvgIpc) is 3.39. The molecule has 3 aliphatic rings. The number of para-hydroxylation sites is 1. The maximum atomic E-state index is 13.8. The van der Waals surface area contributed by atoms with E-state index in [1.807, 2.05) is 0 Å². The predicted octanol–water partition coefficient (Wildman–Crippen LogP) is 2.09. The Morgan fingerprint density at radius 2 is 1.64 bits per heavy atom. The van der Waals surface area contributed by atoms with E-state index < -0.39 is 41.7 Å². The first-order chi connectivity index (χ1) is 17.4. The number of ether oxygens (including phenoxy) is 3. The lowest BCUT2D eigenvalue weighted by Crippen LogP contribution is -2.46. The van der Waals surface area contributed by atoms with Crippen LogP contribution >= 0.6 is 0 Å². The van der Waals surface area contributed by atoms with Crippen molar-refractivity contribution in [3.05, 3.63) is 65.7 Å². The Hall–Kier alpha value is -4.47. The summed E-state index contributed by atoms with van der Waals surface area (Å²) in [6.45, 7) is 0. The number of hydrogen-bond donors (Lipinski definition) is 0. The fourth-order valence-corrected chi connectivity index (χ4v) is 5.19. The molecule has 2 aromatic rings. The first-order valence-corrected chi connectivity index (χ1v) is 11.2. The number of ketones is 1. The van der Waals surface area contributed by atoms with Crippen LogP contribution in [-0.4, -0.2) is 68.2 Å². The van der Waals surface area contributed by atoms with E-state index in [0.717, 1.165) is 4.90 Å². The Labute approximate surface area is 206 Å². The summed E-state index contributed by atoms with van der Waals surface area (Å²) in [4.78, 5) is 54.7. The van der Waals surface area contributed by atoms with E-state index in [-0.39, 0.29) is 22.6 Å². The van der Waals surface area contributed by atoms with Crippen LogP contribution in [-0.2, 0) is 14.3 Å². The van der Waals surface area contributed by atoms with Crippen LogP contribution < -0.4 is 14.4 Å². The number of nitrogens with zero attached hydrogens (tertiary/aromatic N) is 3. The third-order valence-electron chi connectivity index (χ3n) is 6.78. The quantitative estimate of drug-likeness (QED) is 0.344. The van der Waals surface area contributed by atoms with Gasteiger partial charge < -0.3 is 14.2 Å². The van der Waals surface area contributed by atoms with Gasteiger partial charge in [0, 0.05) is 11.8 Å². The summed E-state index contributed by atoms with van der Waals surface area (Å²) in [5.74, 6) is -3.18. The molecule has 2 aromatic carbocycles. The number of anilines is 1. The number of hydrogen-bond acceptors (Lipinski definition) is 9. The minimum absolute atomic E-state index is 0.0819. The molecule has 0 aromatic heterocycles. The van der Waals surface area contributed by atoms with Crippen LogP contribution in [0.5, 0.6) is 11.5 Å². The molecular formula is C26H23N3O7. The molecule has 2 saturated heterocycles. The number of fused-ring (bicyclic) bond motifs is 3. The van der Waals surface area contributed by atoms with Crippen LogP contribution in [0.25, 0.3) is 0 Å². The number of imide groups is 1. The van der Waals surface area contributed by atoms with Gasteiger partial charge in [-0.25, -0.2) is 9.69 Å². The van der Waals surface area contributed by atoms with Crippen molar-refractivity contribution in [3.8, 4) is 11.5 Å². The van der Waals surface area contributed by atoms with Crippen LogP contribution in [0.4, 0.5) is 5.69 Å². The first kappa shape index (κ1) is 23.3. The highest BCUT2D eigenvalue weighted by atomic mass is 16.5. The summed E-state index contributed by atoms with van der Waals surface area (Å²) in [7, 11) is 4.18. The Morgan fingerprint density at radius 1 is 0.917 bits per heavy atom. The Morgan fingerprint density at radius 3 is 2.36 bits per heavy atom. The molecule has 2 fully saturated rings. The third kappa shape index (κ3) is 3.36. The van der Waals surface area contributed by atoms with Crippen molar-refractivity contribution in [2.45, 2.75) is 12.1 Å². The highest BCUT2D eigenvalue weighted by Gasteiger charge is 2.64. The lowest BCUT2D eigenvalue weighted by molar-refractivity contribution is -0.123. The van der Waals surface area contributed by atoms with E-state index in [0.29, 0.717) is 11.5 Å². The number of rotatable bonds is 6. The molecule has 10 heteroatoms. The zero-order chi connectivity index (χ0) is 25.6. The van der Waals surface area contributed by atoms with Gasteiger partial charge in [0.2, 0.25) is 11.8 Å². The smallest absolute Gasteiger partial charge is 0.339 e. The molecule has 0 spiro atoms. The maximum Gasteiger partial charge on any atom is 0.339 e. The normalized spacial score (nSPS) is 24.0. The summed E-state index contributed by atoms with van der Waals surface area (Å²) >= 11 is 0. The molecule has 0 radical (unpaired) electrons. The summed E-state index contributed by atoms with van der Waals surface area (Å²) in [5.41, 5.74) is 0.495. The van der Waals surface area contributed by atoms with Gasteiger partial charge in [-0.2, -0.15) is 5.10 Å². The summed E-state index contributed by atoms with van der Waals surface area (Å²) in [5, 5.41) is 5.87. The van der Waals surface area contributed by atoms with Crippen LogP contribution in [0.2, 0.25) is 0 Å². The fraction of sp³-hybridized carbons (Fsp3) is 0.269. The third-order valence-corrected chi connectivity index (χ3v) is 6.78. The highest BCUT2D eigenvalue weighted by molar-refractivity contribution is 6.26. The second kappa shape index (κ2) is 8.95. The minimum Gasteiger partial charge on any atom is -0.493 e. The monoisotopic (exact) mass is 489 g/mol. The van der Waals surface area contributed by atoms with E-state index in [1.54, 1.807) is 42.5 Å². The van der Waals surface area contributed by atoms with Crippen molar-refractivity contribution in [1.29, 1.82) is 0 Å². The van der Waals surface area contributed by atoms with Crippen molar-refractivity contribution < 1.29 is 33.4 Å². The van der Waals surface area contributed by atoms with E-state index in [9.17, 15) is 19.2 Å². The number of carbonyl (C=O) groups is 4. The van der Waals surface area contributed by atoms with Gasteiger partial charge in [-0.05, 0) is 36.4 Å². The zero-order valence-corrected chi connectivity index (χ0v) is 19.8. The van der Waals surface area contributed by atoms with Gasteiger partial charge in [0.25, 0.3) is 0 Å². The highest BCUT2D eigenvalue weighted by Crippen LogP contribution is 2.47. The van der Waals surface area contributed by atoms with Crippen LogP contribution in [0.1, 0.15) is 20.7 Å². The first-order valence-electron chi connectivity index (χ1n) is 11.2. The lowest BCUT2D eigenvalue weighted by Gasteiger charge is -2.30.